The van der Waals surface area contributed by atoms with Gasteiger partial charge in [-0.3, -0.25) is 4.79 Å². The van der Waals surface area contributed by atoms with Gasteiger partial charge in [-0.1, -0.05) is 73.9 Å². The van der Waals surface area contributed by atoms with E-state index in [2.05, 4.69) is 29.4 Å². The van der Waals surface area contributed by atoms with Crippen LogP contribution in [0.1, 0.15) is 55.0 Å². The number of hydrogen-bond acceptors (Lipinski definition) is 6. The Bertz CT molecular complexity index is 1760. The smallest absolute Gasteiger partial charge is 0.282 e. The fraction of sp³-hybridized carbons (Fsp3) is 0.265. The minimum atomic E-state index is -0.165. The van der Waals surface area contributed by atoms with Crippen molar-refractivity contribution in [3.05, 3.63) is 106 Å². The van der Waals surface area contributed by atoms with Crippen LogP contribution < -0.4 is 19.8 Å². The lowest BCUT2D eigenvalue weighted by Crippen LogP contribution is -2.25. The molecule has 0 amide bonds. The van der Waals surface area contributed by atoms with E-state index in [0.717, 1.165) is 47.8 Å². The molecule has 6 rings (SSSR count). The molecule has 5 aromatic rings. The Labute approximate surface area is 239 Å². The third kappa shape index (κ3) is 5.40. The van der Waals surface area contributed by atoms with Gasteiger partial charge in [0, 0.05) is 11.5 Å². The molecule has 0 N–H and O–H groups in total. The Kier molecular flexibility index (Phi) is 7.67. The summed E-state index contributed by atoms with van der Waals surface area (Å²) in [5.41, 5.74) is 2.32. The van der Waals surface area contributed by atoms with Crippen molar-refractivity contribution in [1.82, 2.24) is 9.66 Å². The molecule has 0 spiro atoms. The van der Waals surface area contributed by atoms with E-state index in [1.165, 1.54) is 11.1 Å². The van der Waals surface area contributed by atoms with Crippen LogP contribution in [0.4, 0.5) is 0 Å². The van der Waals surface area contributed by atoms with Crippen LogP contribution in [0.3, 0.4) is 0 Å². The SMILES string of the molecule is COc1cc(C=Nn2c(C3CCCCC3)nc3ccccc3c2=O)cc(OC)c1OCc1cccc2ccccc12. The van der Waals surface area contributed by atoms with E-state index in [4.69, 9.17) is 19.2 Å². The topological polar surface area (TPSA) is 74.9 Å². The minimum absolute atomic E-state index is 0.165. The first kappa shape index (κ1) is 26.6. The lowest BCUT2D eigenvalue weighted by atomic mass is 9.88. The maximum Gasteiger partial charge on any atom is 0.282 e. The molecule has 1 aliphatic rings. The summed E-state index contributed by atoms with van der Waals surface area (Å²) in [6.45, 7) is 0.352. The van der Waals surface area contributed by atoms with Crippen LogP contribution in [0.2, 0.25) is 0 Å². The Hall–Kier alpha value is -4.65. The molecule has 1 aromatic heterocycles. The van der Waals surface area contributed by atoms with E-state index >= 15 is 0 Å². The summed E-state index contributed by atoms with van der Waals surface area (Å²) < 4.78 is 19.2. The van der Waals surface area contributed by atoms with Gasteiger partial charge in [0.1, 0.15) is 12.4 Å². The van der Waals surface area contributed by atoms with Crippen LogP contribution in [-0.2, 0) is 6.61 Å². The van der Waals surface area contributed by atoms with Gasteiger partial charge in [0.15, 0.2) is 11.5 Å². The van der Waals surface area contributed by atoms with Gasteiger partial charge in [0.25, 0.3) is 5.56 Å². The monoisotopic (exact) mass is 547 g/mol. The number of nitrogens with zero attached hydrogens (tertiary/aromatic N) is 3. The van der Waals surface area contributed by atoms with Gasteiger partial charge in [-0.25, -0.2) is 4.98 Å². The molecule has 208 valence electrons. The van der Waals surface area contributed by atoms with Gasteiger partial charge in [0.2, 0.25) is 5.75 Å². The molecule has 7 heteroatoms. The maximum absolute atomic E-state index is 13.6. The number of ether oxygens (including phenoxy) is 3. The highest BCUT2D eigenvalue weighted by Gasteiger charge is 2.22. The van der Waals surface area contributed by atoms with Gasteiger partial charge in [-0.05, 0) is 53.4 Å². The Balaban J connectivity index is 1.35. The zero-order valence-corrected chi connectivity index (χ0v) is 23.4. The van der Waals surface area contributed by atoms with Crippen molar-refractivity contribution >= 4 is 27.9 Å². The lowest BCUT2D eigenvalue weighted by molar-refractivity contribution is 0.267. The summed E-state index contributed by atoms with van der Waals surface area (Å²) in [6.07, 6.45) is 7.14. The van der Waals surface area contributed by atoms with Crippen LogP contribution in [0.15, 0.2) is 88.8 Å². The Morgan fingerprint density at radius 1 is 0.878 bits per heavy atom. The van der Waals surface area contributed by atoms with Crippen LogP contribution in [0.5, 0.6) is 17.2 Å². The fourth-order valence-electron chi connectivity index (χ4n) is 5.69. The van der Waals surface area contributed by atoms with Gasteiger partial charge in [-0.15, -0.1) is 0 Å². The zero-order valence-electron chi connectivity index (χ0n) is 23.4. The molecule has 4 aromatic carbocycles. The van der Waals surface area contributed by atoms with Gasteiger partial charge < -0.3 is 14.2 Å². The van der Waals surface area contributed by atoms with E-state index in [-0.39, 0.29) is 11.5 Å². The average Bonchev–Trinajstić information content (AvgIpc) is 3.03. The normalized spacial score (nSPS) is 14.1. The summed E-state index contributed by atoms with van der Waals surface area (Å²) >= 11 is 0. The number of fused-ring (bicyclic) bond motifs is 2. The summed E-state index contributed by atoms with van der Waals surface area (Å²) in [5, 5.41) is 7.52. The largest absolute Gasteiger partial charge is 0.493 e. The van der Waals surface area contributed by atoms with E-state index in [0.29, 0.717) is 40.3 Å². The summed E-state index contributed by atoms with van der Waals surface area (Å²) in [5.74, 6) is 2.46. The number of aromatic nitrogens is 2. The van der Waals surface area contributed by atoms with Crippen molar-refractivity contribution < 1.29 is 14.2 Å². The predicted molar refractivity (Wildman–Crippen MR) is 163 cm³/mol. The number of hydrogen-bond donors (Lipinski definition) is 0. The number of benzene rings is 4. The minimum Gasteiger partial charge on any atom is -0.493 e. The fourth-order valence-corrected chi connectivity index (χ4v) is 5.69. The first-order valence-electron chi connectivity index (χ1n) is 14.1. The number of methoxy groups -OCH3 is 2. The maximum atomic E-state index is 13.6. The molecule has 0 radical (unpaired) electrons. The molecule has 41 heavy (non-hydrogen) atoms. The van der Waals surface area contributed by atoms with E-state index in [1.54, 1.807) is 26.5 Å². The van der Waals surface area contributed by atoms with Crippen LogP contribution in [-0.4, -0.2) is 30.1 Å². The molecule has 0 saturated heterocycles. The van der Waals surface area contributed by atoms with Crippen molar-refractivity contribution in [3.63, 3.8) is 0 Å². The lowest BCUT2D eigenvalue weighted by Gasteiger charge is -2.22. The number of para-hydroxylation sites is 1. The first-order chi connectivity index (χ1) is 20.2. The van der Waals surface area contributed by atoms with Crippen molar-refractivity contribution in [3.8, 4) is 17.2 Å². The summed E-state index contributed by atoms with van der Waals surface area (Å²) in [6, 6.07) is 25.5. The second-order valence-electron chi connectivity index (χ2n) is 10.4. The number of rotatable bonds is 8. The molecule has 0 atom stereocenters. The Morgan fingerprint density at radius 2 is 1.56 bits per heavy atom. The molecule has 0 aliphatic heterocycles. The summed E-state index contributed by atoms with van der Waals surface area (Å²) in [7, 11) is 3.19. The van der Waals surface area contributed by atoms with Crippen molar-refractivity contribution in [1.29, 1.82) is 0 Å². The second-order valence-corrected chi connectivity index (χ2v) is 10.4. The highest BCUT2D eigenvalue weighted by atomic mass is 16.5. The van der Waals surface area contributed by atoms with Crippen LogP contribution in [0, 0.1) is 0 Å². The zero-order chi connectivity index (χ0) is 28.2. The molecule has 1 heterocycles. The van der Waals surface area contributed by atoms with Crippen molar-refractivity contribution in [2.45, 2.75) is 44.6 Å². The van der Waals surface area contributed by atoms with E-state index < -0.39 is 0 Å². The molecule has 1 saturated carbocycles. The molecule has 7 nitrogen and oxygen atoms in total. The molecule has 0 bridgehead atoms. The summed E-state index contributed by atoms with van der Waals surface area (Å²) in [4.78, 5) is 18.5. The van der Waals surface area contributed by atoms with Gasteiger partial charge in [0.05, 0.1) is 31.3 Å². The quantitative estimate of drug-likeness (QED) is 0.194. The van der Waals surface area contributed by atoms with Crippen molar-refractivity contribution in [2.75, 3.05) is 14.2 Å². The third-order valence-electron chi connectivity index (χ3n) is 7.81. The second kappa shape index (κ2) is 11.8. The molecule has 1 fully saturated rings. The molecular weight excluding hydrogens is 514 g/mol. The van der Waals surface area contributed by atoms with Crippen LogP contribution >= 0.6 is 0 Å². The van der Waals surface area contributed by atoms with Gasteiger partial charge in [-0.2, -0.15) is 9.78 Å². The van der Waals surface area contributed by atoms with Gasteiger partial charge >= 0.3 is 0 Å². The molecular formula is C34H33N3O4. The average molecular weight is 548 g/mol. The standard InChI is InChI=1S/C34H33N3O4/c1-39-30-19-23(20-31(40-2)32(30)41-22-26-15-10-14-24-11-6-7-16-27(24)26)21-35-37-33(25-12-4-3-5-13-25)36-29-18-9-8-17-28(29)34(37)38/h6-11,14-21,25H,3-5,12-13,22H2,1-2H3. The van der Waals surface area contributed by atoms with E-state index in [9.17, 15) is 4.79 Å². The molecule has 1 aliphatic carbocycles. The van der Waals surface area contributed by atoms with Crippen LogP contribution in [0.25, 0.3) is 21.7 Å². The Morgan fingerprint density at radius 3 is 2.32 bits per heavy atom. The highest BCUT2D eigenvalue weighted by molar-refractivity contribution is 5.86. The predicted octanol–water partition coefficient (Wildman–Crippen LogP) is 7.08. The first-order valence-corrected chi connectivity index (χ1v) is 14.1. The van der Waals surface area contributed by atoms with E-state index in [1.807, 2.05) is 48.5 Å². The third-order valence-corrected chi connectivity index (χ3v) is 7.81. The highest BCUT2D eigenvalue weighted by Crippen LogP contribution is 2.39. The van der Waals surface area contributed by atoms with Crippen molar-refractivity contribution in [2.24, 2.45) is 5.10 Å². The molecule has 0 unspecified atom stereocenters.